The van der Waals surface area contributed by atoms with Crippen molar-refractivity contribution in [2.45, 2.75) is 25.9 Å². The third-order valence-electron chi connectivity index (χ3n) is 3.04. The van der Waals surface area contributed by atoms with E-state index in [1.807, 2.05) is 0 Å². The summed E-state index contributed by atoms with van der Waals surface area (Å²) in [6.45, 7) is 5.78. The summed E-state index contributed by atoms with van der Waals surface area (Å²) in [4.78, 5) is 12.5. The summed E-state index contributed by atoms with van der Waals surface area (Å²) in [6, 6.07) is 5.24. The normalized spacial score (nSPS) is 24.1. The van der Waals surface area contributed by atoms with Gasteiger partial charge >= 0.3 is 0 Å². The van der Waals surface area contributed by atoms with Crippen molar-refractivity contribution in [3.63, 3.8) is 0 Å². The van der Waals surface area contributed by atoms with Crippen molar-refractivity contribution >= 4 is 23.0 Å². The molecule has 6 heteroatoms. The van der Waals surface area contributed by atoms with Gasteiger partial charge in [0, 0.05) is 37.3 Å². The van der Waals surface area contributed by atoms with Gasteiger partial charge in [-0.2, -0.15) is 0 Å². The molecule has 0 radical (unpaired) electrons. The van der Waals surface area contributed by atoms with Crippen LogP contribution in [0, 0.1) is 10.1 Å². The molecule has 1 aromatic rings. The molecule has 1 aromatic carbocycles. The van der Waals surface area contributed by atoms with Crippen LogP contribution in [0.3, 0.4) is 0 Å². The molecular formula is C12H16ClN3O2. The van der Waals surface area contributed by atoms with E-state index in [1.165, 1.54) is 6.07 Å². The molecule has 0 amide bonds. The Balaban J connectivity index is 2.31. The molecule has 1 aliphatic heterocycles. The van der Waals surface area contributed by atoms with E-state index < -0.39 is 4.92 Å². The van der Waals surface area contributed by atoms with Gasteiger partial charge in [0.1, 0.15) is 0 Å². The Kier molecular flexibility index (Phi) is 3.73. The molecule has 18 heavy (non-hydrogen) atoms. The number of rotatable bonds is 2. The van der Waals surface area contributed by atoms with Gasteiger partial charge in [0.2, 0.25) is 0 Å². The third-order valence-corrected chi connectivity index (χ3v) is 3.36. The zero-order valence-electron chi connectivity index (χ0n) is 10.4. The van der Waals surface area contributed by atoms with Crippen LogP contribution in [0.4, 0.5) is 11.4 Å². The van der Waals surface area contributed by atoms with Crippen molar-refractivity contribution in [1.29, 1.82) is 0 Å². The summed E-state index contributed by atoms with van der Waals surface area (Å²) in [5.74, 6) is 0. The highest BCUT2D eigenvalue weighted by Crippen LogP contribution is 2.31. The van der Waals surface area contributed by atoms with Gasteiger partial charge in [-0.1, -0.05) is 11.6 Å². The lowest BCUT2D eigenvalue weighted by atomic mass is 10.1. The van der Waals surface area contributed by atoms with Gasteiger partial charge in [-0.3, -0.25) is 10.1 Å². The summed E-state index contributed by atoms with van der Waals surface area (Å²) in [7, 11) is 0. The molecule has 1 aliphatic rings. The van der Waals surface area contributed by atoms with Crippen molar-refractivity contribution in [3.05, 3.63) is 33.3 Å². The van der Waals surface area contributed by atoms with Crippen molar-refractivity contribution in [2.75, 3.05) is 18.0 Å². The van der Waals surface area contributed by atoms with E-state index >= 15 is 0 Å². The number of nitro groups is 1. The monoisotopic (exact) mass is 269 g/mol. The number of anilines is 1. The number of nitrogens with one attached hydrogen (secondary N) is 1. The molecule has 0 spiro atoms. The number of hydrogen-bond donors (Lipinski definition) is 1. The first-order chi connectivity index (χ1) is 8.47. The Morgan fingerprint density at radius 2 is 2.00 bits per heavy atom. The number of nitrogens with zero attached hydrogens (tertiary/aromatic N) is 2. The van der Waals surface area contributed by atoms with Crippen LogP contribution in [0.15, 0.2) is 18.2 Å². The topological polar surface area (TPSA) is 58.4 Å². The zero-order chi connectivity index (χ0) is 13.3. The summed E-state index contributed by atoms with van der Waals surface area (Å²) >= 11 is 6.14. The molecule has 1 heterocycles. The molecule has 0 unspecified atom stereocenters. The fourth-order valence-electron chi connectivity index (χ4n) is 2.38. The molecule has 1 saturated heterocycles. The van der Waals surface area contributed by atoms with Crippen LogP contribution in [-0.2, 0) is 0 Å². The van der Waals surface area contributed by atoms with E-state index in [2.05, 4.69) is 24.1 Å². The van der Waals surface area contributed by atoms with Crippen molar-refractivity contribution < 1.29 is 4.92 Å². The first kappa shape index (κ1) is 13.1. The van der Waals surface area contributed by atoms with Gasteiger partial charge < -0.3 is 10.2 Å². The Hall–Kier alpha value is -1.33. The van der Waals surface area contributed by atoms with Crippen LogP contribution in [0.25, 0.3) is 0 Å². The Morgan fingerprint density at radius 3 is 2.56 bits per heavy atom. The molecule has 5 nitrogen and oxygen atoms in total. The molecule has 1 fully saturated rings. The number of non-ortho nitro benzene ring substituents is 1. The molecule has 0 saturated carbocycles. The van der Waals surface area contributed by atoms with Crippen molar-refractivity contribution in [1.82, 2.24) is 5.32 Å². The van der Waals surface area contributed by atoms with Gasteiger partial charge in [0.15, 0.2) is 0 Å². The Labute approximate surface area is 111 Å². The third kappa shape index (κ3) is 2.73. The molecule has 98 valence electrons. The molecule has 0 bridgehead atoms. The van der Waals surface area contributed by atoms with Crippen molar-refractivity contribution in [2.24, 2.45) is 0 Å². The van der Waals surface area contributed by atoms with Gasteiger partial charge in [0.25, 0.3) is 5.69 Å². The molecule has 0 aliphatic carbocycles. The maximum Gasteiger partial charge on any atom is 0.271 e. The maximum atomic E-state index is 10.8. The fourth-order valence-corrected chi connectivity index (χ4v) is 2.62. The fraction of sp³-hybridized carbons (Fsp3) is 0.500. The largest absolute Gasteiger partial charge is 0.367 e. The number of nitro benzene ring substituents is 1. The average Bonchev–Trinajstić information content (AvgIpc) is 2.27. The summed E-state index contributed by atoms with van der Waals surface area (Å²) in [5.41, 5.74) is 0.819. The molecular weight excluding hydrogens is 254 g/mol. The van der Waals surface area contributed by atoms with Gasteiger partial charge in [0.05, 0.1) is 15.6 Å². The second-order valence-electron chi connectivity index (χ2n) is 4.77. The highest BCUT2D eigenvalue weighted by atomic mass is 35.5. The minimum Gasteiger partial charge on any atom is -0.367 e. The van der Waals surface area contributed by atoms with E-state index in [1.54, 1.807) is 12.1 Å². The van der Waals surface area contributed by atoms with Crippen LogP contribution in [0.2, 0.25) is 5.02 Å². The van der Waals surface area contributed by atoms with Crippen LogP contribution >= 0.6 is 11.6 Å². The maximum absolute atomic E-state index is 10.8. The summed E-state index contributed by atoms with van der Waals surface area (Å²) in [5, 5.41) is 14.8. The van der Waals surface area contributed by atoms with Crippen LogP contribution < -0.4 is 10.2 Å². The molecule has 0 aromatic heterocycles. The lowest BCUT2D eigenvalue weighted by molar-refractivity contribution is -0.384. The minimum atomic E-state index is -0.394. The van der Waals surface area contributed by atoms with E-state index in [0.29, 0.717) is 17.1 Å². The quantitative estimate of drug-likeness (QED) is 0.662. The van der Waals surface area contributed by atoms with Gasteiger partial charge in [-0.15, -0.1) is 0 Å². The summed E-state index contributed by atoms with van der Waals surface area (Å²) < 4.78 is 0. The molecule has 2 rings (SSSR count). The Morgan fingerprint density at radius 1 is 1.39 bits per heavy atom. The second-order valence-corrected chi connectivity index (χ2v) is 5.17. The van der Waals surface area contributed by atoms with E-state index in [9.17, 15) is 10.1 Å². The van der Waals surface area contributed by atoms with Crippen LogP contribution in [0.5, 0.6) is 0 Å². The van der Waals surface area contributed by atoms with E-state index in [4.69, 9.17) is 11.6 Å². The van der Waals surface area contributed by atoms with Gasteiger partial charge in [-0.05, 0) is 19.9 Å². The highest BCUT2D eigenvalue weighted by molar-refractivity contribution is 6.33. The smallest absolute Gasteiger partial charge is 0.271 e. The minimum absolute atomic E-state index is 0.0771. The Bertz CT molecular complexity index is 457. The number of benzene rings is 1. The SMILES string of the molecule is C[C@H]1CN(c2cc([N+](=O)[O-])ccc2Cl)C[C@H](C)N1. The zero-order valence-corrected chi connectivity index (χ0v) is 11.1. The predicted molar refractivity (Wildman–Crippen MR) is 72.4 cm³/mol. The van der Waals surface area contributed by atoms with E-state index in [-0.39, 0.29) is 5.69 Å². The highest BCUT2D eigenvalue weighted by Gasteiger charge is 2.23. The van der Waals surface area contributed by atoms with Crippen LogP contribution in [0.1, 0.15) is 13.8 Å². The average molecular weight is 270 g/mol. The lowest BCUT2D eigenvalue weighted by Crippen LogP contribution is -2.54. The molecule has 2 atom stereocenters. The van der Waals surface area contributed by atoms with E-state index in [0.717, 1.165) is 18.8 Å². The van der Waals surface area contributed by atoms with Gasteiger partial charge in [-0.25, -0.2) is 0 Å². The van der Waals surface area contributed by atoms with Crippen molar-refractivity contribution in [3.8, 4) is 0 Å². The van der Waals surface area contributed by atoms with Crippen LogP contribution in [-0.4, -0.2) is 30.1 Å². The molecule has 1 N–H and O–H groups in total. The standard InChI is InChI=1S/C12H16ClN3O2/c1-8-6-15(7-9(2)14-8)12-5-10(16(17)18)3-4-11(12)13/h3-5,8-9,14H,6-7H2,1-2H3/t8-,9-/m0/s1. The summed E-state index contributed by atoms with van der Waals surface area (Å²) in [6.07, 6.45) is 0. The number of hydrogen-bond acceptors (Lipinski definition) is 4. The second kappa shape index (κ2) is 5.12. The lowest BCUT2D eigenvalue weighted by Gasteiger charge is -2.37. The number of halogens is 1. The number of piperazine rings is 1. The predicted octanol–water partition coefficient (Wildman–Crippen LogP) is 2.43. The first-order valence-corrected chi connectivity index (χ1v) is 6.30. The first-order valence-electron chi connectivity index (χ1n) is 5.92.